The second-order valence-electron chi connectivity index (χ2n) is 11.3. The van der Waals surface area contributed by atoms with Gasteiger partial charge >= 0.3 is 39.0 Å². The first-order valence-electron chi connectivity index (χ1n) is 15.5. The maximum absolute atomic E-state index is 12.5. The third kappa shape index (κ3) is 16.6. The van der Waals surface area contributed by atoms with Crippen molar-refractivity contribution in [3.63, 3.8) is 0 Å². The van der Waals surface area contributed by atoms with E-state index in [-0.39, 0.29) is 18.0 Å². The summed E-state index contributed by atoms with van der Waals surface area (Å²) in [6, 6.07) is 19.8. The van der Waals surface area contributed by atoms with Crippen LogP contribution < -0.4 is 4.57 Å². The van der Waals surface area contributed by atoms with Gasteiger partial charge in [-0.1, -0.05) is 67.6 Å². The molecular formula is C32H43F6N2O6PS. The van der Waals surface area contributed by atoms with Crippen molar-refractivity contribution in [2.45, 2.75) is 82.2 Å². The number of ether oxygens (including phenoxy) is 4. The molecule has 1 N–H and O–H groups in total. The van der Waals surface area contributed by atoms with Gasteiger partial charge in [-0.25, -0.2) is 9.13 Å². The summed E-state index contributed by atoms with van der Waals surface area (Å²) >= 11 is 1.60. The number of thioether (sulfide) groups is 1. The van der Waals surface area contributed by atoms with E-state index in [2.05, 4.69) is 11.5 Å². The molecule has 1 saturated heterocycles. The minimum atomic E-state index is -10.7. The number of imidazole rings is 1. The van der Waals surface area contributed by atoms with E-state index in [9.17, 15) is 35.1 Å². The molecule has 16 heteroatoms. The van der Waals surface area contributed by atoms with Gasteiger partial charge in [0, 0.05) is 6.42 Å². The molecule has 1 aliphatic rings. The summed E-state index contributed by atoms with van der Waals surface area (Å²) in [6.45, 7) is 3.64. The first kappa shape index (κ1) is 39.8. The standard InChI is InChI=1S/C32H43N2O6S.F6P/c1-3-41-32-31(39-22-26-15-9-5-10-16-26)30(38-21-25-13-7-4-8-14-25)29(36)27(40-32)23-37-28(35)17-11-6-12-18-34-20-19-33(2)24-34;1-7(2,3,4,5)6/h4-5,7-10,13-16,19-20,24,27,29-32,36H,3,6,11-12,17-18,21-23H2,1-2H3;/q+1;-1/t27-,29-,30+,31-,32+;/m1./s1. The number of aryl methyl sites for hydroxylation is 2. The van der Waals surface area contributed by atoms with E-state index in [0.717, 1.165) is 42.7 Å². The minimum absolute atomic E-state index is 0.0305. The van der Waals surface area contributed by atoms with Gasteiger partial charge in [0.15, 0.2) is 0 Å². The molecule has 270 valence electrons. The van der Waals surface area contributed by atoms with Gasteiger partial charge in [0.2, 0.25) is 6.33 Å². The van der Waals surface area contributed by atoms with E-state index in [4.69, 9.17) is 18.9 Å². The SMILES string of the molecule is CCS[C@@H]1O[C@H](COC(=O)CCCCCn2cc[n+](C)c2)[C@@H](O)[C@H](OCc2ccccc2)[C@H]1OCc1ccccc1.F[P-](F)(F)(F)(F)F. The van der Waals surface area contributed by atoms with Crippen LogP contribution in [-0.2, 0) is 50.5 Å². The van der Waals surface area contributed by atoms with Gasteiger partial charge in [-0.05, 0) is 36.1 Å². The summed E-state index contributed by atoms with van der Waals surface area (Å²) in [4.78, 5) is 12.5. The van der Waals surface area contributed by atoms with Crippen LogP contribution in [0.3, 0.4) is 0 Å². The number of aliphatic hydroxyl groups is 1. The number of rotatable bonds is 16. The number of nitrogens with zero attached hydrogens (tertiary/aromatic N) is 2. The Morgan fingerprint density at radius 1 is 0.917 bits per heavy atom. The summed E-state index contributed by atoms with van der Waals surface area (Å²) in [5.74, 6) is 0.516. The third-order valence-electron chi connectivity index (χ3n) is 7.05. The predicted molar refractivity (Wildman–Crippen MR) is 171 cm³/mol. The molecule has 1 aromatic heterocycles. The second-order valence-corrected chi connectivity index (χ2v) is 14.6. The van der Waals surface area contributed by atoms with Crippen molar-refractivity contribution >= 4 is 25.5 Å². The van der Waals surface area contributed by atoms with Crippen LogP contribution >= 0.6 is 19.6 Å². The van der Waals surface area contributed by atoms with Crippen molar-refractivity contribution in [1.82, 2.24) is 4.57 Å². The van der Waals surface area contributed by atoms with E-state index in [1.165, 1.54) is 0 Å². The Balaban J connectivity index is 0.000000804. The van der Waals surface area contributed by atoms with Crippen LogP contribution in [0.1, 0.15) is 43.7 Å². The number of halogens is 6. The van der Waals surface area contributed by atoms with Gasteiger partial charge in [-0.15, -0.1) is 11.8 Å². The van der Waals surface area contributed by atoms with Crippen LogP contribution in [0, 0.1) is 0 Å². The van der Waals surface area contributed by atoms with E-state index >= 15 is 0 Å². The van der Waals surface area contributed by atoms with Gasteiger partial charge in [-0.3, -0.25) is 4.79 Å². The molecule has 0 bridgehead atoms. The molecular weight excluding hydrogens is 685 g/mol. The molecule has 0 saturated carbocycles. The molecule has 2 aromatic carbocycles. The number of unbranched alkanes of at least 4 members (excludes halogenated alkanes) is 2. The van der Waals surface area contributed by atoms with Crippen LogP contribution in [0.2, 0.25) is 0 Å². The Labute approximate surface area is 280 Å². The number of benzene rings is 2. The van der Waals surface area contributed by atoms with Crippen molar-refractivity contribution in [1.29, 1.82) is 0 Å². The van der Waals surface area contributed by atoms with Crippen LogP contribution in [0.15, 0.2) is 79.4 Å². The van der Waals surface area contributed by atoms with Crippen molar-refractivity contribution in [3.05, 3.63) is 90.5 Å². The van der Waals surface area contributed by atoms with Crippen LogP contribution in [0.4, 0.5) is 25.2 Å². The fraction of sp³-hybridized carbons (Fsp3) is 0.500. The molecule has 0 spiro atoms. The topological polar surface area (TPSA) is 83.0 Å². The summed E-state index contributed by atoms with van der Waals surface area (Å²) in [6.07, 6.45) is 6.22. The first-order valence-corrected chi connectivity index (χ1v) is 18.6. The van der Waals surface area contributed by atoms with Gasteiger partial charge in [0.05, 0.1) is 26.8 Å². The summed E-state index contributed by atoms with van der Waals surface area (Å²) in [5.41, 5.74) is 1.65. The zero-order valence-electron chi connectivity index (χ0n) is 26.8. The molecule has 4 rings (SSSR count). The van der Waals surface area contributed by atoms with E-state index in [0.29, 0.717) is 19.6 Å². The van der Waals surface area contributed by atoms with Crippen molar-refractivity contribution < 1.29 is 58.6 Å². The fourth-order valence-electron chi connectivity index (χ4n) is 4.85. The monoisotopic (exact) mass is 728 g/mol. The molecule has 5 atom stereocenters. The molecule has 3 aromatic rings. The average molecular weight is 729 g/mol. The number of hydrogen-bond donors (Lipinski definition) is 1. The number of aliphatic hydroxyl groups excluding tert-OH is 1. The molecule has 0 unspecified atom stereocenters. The summed E-state index contributed by atoms with van der Waals surface area (Å²) in [5, 5.41) is 11.4. The Morgan fingerprint density at radius 3 is 2.00 bits per heavy atom. The summed E-state index contributed by atoms with van der Waals surface area (Å²) in [7, 11) is -8.66. The Morgan fingerprint density at radius 2 is 1.48 bits per heavy atom. The van der Waals surface area contributed by atoms with E-state index < -0.39 is 32.2 Å². The molecule has 8 nitrogen and oxygen atoms in total. The van der Waals surface area contributed by atoms with Crippen LogP contribution in [-0.4, -0.2) is 57.9 Å². The Hall–Kier alpha value is -2.68. The van der Waals surface area contributed by atoms with Gasteiger partial charge in [-0.2, -0.15) is 0 Å². The molecule has 0 aliphatic carbocycles. The zero-order valence-corrected chi connectivity index (χ0v) is 28.5. The number of carbonyl (C=O) groups is 1. The molecule has 1 aliphatic heterocycles. The number of hydrogen-bond acceptors (Lipinski definition) is 7. The number of aromatic nitrogens is 2. The van der Waals surface area contributed by atoms with E-state index in [1.807, 2.05) is 91.0 Å². The predicted octanol–water partition coefficient (Wildman–Crippen LogP) is 7.81. The average Bonchev–Trinajstić information content (AvgIpc) is 3.43. The molecule has 48 heavy (non-hydrogen) atoms. The Kier molecular flexibility index (Phi) is 14.3. The van der Waals surface area contributed by atoms with Gasteiger partial charge in [0.25, 0.3) is 0 Å². The maximum atomic E-state index is 12.5. The van der Waals surface area contributed by atoms with E-state index in [1.54, 1.807) is 11.8 Å². The van der Waals surface area contributed by atoms with Gasteiger partial charge in [0.1, 0.15) is 48.9 Å². The first-order chi connectivity index (χ1) is 22.5. The van der Waals surface area contributed by atoms with Crippen LogP contribution in [0.25, 0.3) is 0 Å². The fourth-order valence-corrected chi connectivity index (χ4v) is 5.82. The Bertz CT molecular complexity index is 1380. The molecule has 0 amide bonds. The molecule has 0 radical (unpaired) electrons. The number of esters is 1. The summed E-state index contributed by atoms with van der Waals surface area (Å²) < 4.78 is 87.9. The van der Waals surface area contributed by atoms with Crippen molar-refractivity contribution in [2.24, 2.45) is 7.05 Å². The van der Waals surface area contributed by atoms with Crippen molar-refractivity contribution in [2.75, 3.05) is 12.4 Å². The zero-order chi connectivity index (χ0) is 35.3. The third-order valence-corrected chi connectivity index (χ3v) is 8.09. The number of carbonyl (C=O) groups excluding carboxylic acids is 1. The quantitative estimate of drug-likeness (QED) is 0.0530. The molecule has 2 heterocycles. The van der Waals surface area contributed by atoms with Crippen LogP contribution in [0.5, 0.6) is 0 Å². The second kappa shape index (κ2) is 17.3. The normalized spacial score (nSPS) is 22.6. The van der Waals surface area contributed by atoms with Crippen molar-refractivity contribution in [3.8, 4) is 0 Å². The van der Waals surface area contributed by atoms with Gasteiger partial charge < -0.3 is 24.1 Å². The molecule has 1 fully saturated rings.